The minimum atomic E-state index is -0.985. The lowest BCUT2D eigenvalue weighted by atomic mass is 10.1. The van der Waals surface area contributed by atoms with Gasteiger partial charge in [0.1, 0.15) is 5.69 Å². The van der Waals surface area contributed by atoms with Crippen LogP contribution in [0.2, 0.25) is 0 Å². The molecule has 0 fully saturated rings. The Morgan fingerprint density at radius 3 is 2.72 bits per heavy atom. The molecule has 1 N–H and O–H groups in total. The molecular formula is C16H13F2N3O3S. The summed E-state index contributed by atoms with van der Waals surface area (Å²) in [4.78, 5) is 15.2. The number of carbonyl (C=O) groups excluding carboxylic acids is 1. The smallest absolute Gasteiger partial charge is 0.357 e. The number of imidazole rings is 1. The molecule has 9 heteroatoms. The molecule has 0 radical (unpaired) electrons. The molecule has 6 nitrogen and oxygen atoms in total. The Kier molecular flexibility index (Phi) is 4.49. The standard InChI is InChI=1S/C16H13F2N3O3S/c1-8(9-3-4-10(17)11(18)7-9)21-14(15(22)23-2)13(20-16(21)25)12-5-6-19-24-12/h3-8H,1-2H3,(H,20,25). The topological polar surface area (TPSA) is 73.1 Å². The van der Waals surface area contributed by atoms with Crippen molar-refractivity contribution in [1.29, 1.82) is 0 Å². The van der Waals surface area contributed by atoms with Gasteiger partial charge in [-0.1, -0.05) is 11.2 Å². The molecule has 1 unspecified atom stereocenters. The molecule has 0 aliphatic carbocycles. The fourth-order valence-corrected chi connectivity index (χ4v) is 2.91. The van der Waals surface area contributed by atoms with E-state index in [0.29, 0.717) is 17.0 Å². The second-order valence-corrected chi connectivity index (χ2v) is 5.63. The minimum Gasteiger partial charge on any atom is -0.464 e. The number of nitrogens with one attached hydrogen (secondary N) is 1. The van der Waals surface area contributed by atoms with E-state index in [-0.39, 0.29) is 10.5 Å². The van der Waals surface area contributed by atoms with Crippen LogP contribution in [0.4, 0.5) is 8.78 Å². The van der Waals surface area contributed by atoms with Crippen molar-refractivity contribution in [3.05, 3.63) is 58.1 Å². The molecule has 1 aromatic carbocycles. The maximum atomic E-state index is 13.6. The first-order valence-corrected chi connectivity index (χ1v) is 7.63. The monoisotopic (exact) mass is 365 g/mol. The fraction of sp³-hybridized carbons (Fsp3) is 0.188. The SMILES string of the molecule is COC(=O)c1c(-c2ccno2)[nH]c(=S)n1C(C)c1ccc(F)c(F)c1. The van der Waals surface area contributed by atoms with Crippen molar-refractivity contribution in [3.8, 4) is 11.5 Å². The molecule has 0 bridgehead atoms. The highest BCUT2D eigenvalue weighted by molar-refractivity contribution is 7.71. The van der Waals surface area contributed by atoms with Crippen molar-refractivity contribution in [3.63, 3.8) is 0 Å². The van der Waals surface area contributed by atoms with Crippen LogP contribution in [-0.4, -0.2) is 27.8 Å². The highest BCUT2D eigenvalue weighted by atomic mass is 32.1. The molecule has 0 aliphatic heterocycles. The van der Waals surface area contributed by atoms with Crippen LogP contribution in [0.5, 0.6) is 0 Å². The second-order valence-electron chi connectivity index (χ2n) is 5.24. The third-order valence-corrected chi connectivity index (χ3v) is 4.10. The van der Waals surface area contributed by atoms with Gasteiger partial charge < -0.3 is 18.8 Å². The molecule has 0 aliphatic rings. The number of esters is 1. The van der Waals surface area contributed by atoms with Crippen LogP contribution >= 0.6 is 12.2 Å². The van der Waals surface area contributed by atoms with Crippen molar-refractivity contribution >= 4 is 18.2 Å². The van der Waals surface area contributed by atoms with Crippen LogP contribution in [0, 0.1) is 16.4 Å². The number of aromatic amines is 1. The number of carbonyl (C=O) groups is 1. The predicted octanol–water partition coefficient (Wildman–Crippen LogP) is 3.87. The molecule has 1 atom stereocenters. The van der Waals surface area contributed by atoms with E-state index in [1.54, 1.807) is 13.0 Å². The van der Waals surface area contributed by atoms with Gasteiger partial charge in [-0.25, -0.2) is 13.6 Å². The minimum absolute atomic E-state index is 0.0986. The molecule has 0 saturated carbocycles. The summed E-state index contributed by atoms with van der Waals surface area (Å²) in [5, 5.41) is 3.61. The number of benzene rings is 1. The Balaban J connectivity index is 2.19. The predicted molar refractivity (Wildman–Crippen MR) is 86.6 cm³/mol. The molecule has 2 heterocycles. The molecular weight excluding hydrogens is 352 g/mol. The normalized spacial score (nSPS) is 12.2. The molecule has 25 heavy (non-hydrogen) atoms. The number of H-pyrrole nitrogens is 1. The average molecular weight is 365 g/mol. The number of hydrogen-bond donors (Lipinski definition) is 1. The number of rotatable bonds is 4. The van der Waals surface area contributed by atoms with Gasteiger partial charge in [-0.15, -0.1) is 0 Å². The summed E-state index contributed by atoms with van der Waals surface area (Å²) >= 11 is 5.31. The Labute approximate surface area is 146 Å². The fourth-order valence-electron chi connectivity index (χ4n) is 2.56. The zero-order chi connectivity index (χ0) is 18.1. The van der Waals surface area contributed by atoms with Gasteiger partial charge in [-0.2, -0.15) is 0 Å². The van der Waals surface area contributed by atoms with Crippen LogP contribution in [0.25, 0.3) is 11.5 Å². The third-order valence-electron chi connectivity index (χ3n) is 3.80. The van der Waals surface area contributed by atoms with E-state index in [1.807, 2.05) is 0 Å². The Bertz CT molecular complexity index is 979. The molecule has 130 valence electrons. The lowest BCUT2D eigenvalue weighted by Crippen LogP contribution is -2.16. The number of methoxy groups -OCH3 is 1. The summed E-state index contributed by atoms with van der Waals surface area (Å²) in [5.41, 5.74) is 0.827. The lowest BCUT2D eigenvalue weighted by molar-refractivity contribution is 0.0588. The zero-order valence-corrected chi connectivity index (χ0v) is 14.1. The second kappa shape index (κ2) is 6.60. The zero-order valence-electron chi connectivity index (χ0n) is 13.2. The van der Waals surface area contributed by atoms with Gasteiger partial charge in [-0.3, -0.25) is 0 Å². The summed E-state index contributed by atoms with van der Waals surface area (Å²) in [7, 11) is 1.23. The number of halogens is 2. The molecule has 0 amide bonds. The van der Waals surface area contributed by atoms with Crippen molar-refractivity contribution in [2.75, 3.05) is 7.11 Å². The molecule has 0 saturated heterocycles. The molecule has 0 spiro atoms. The largest absolute Gasteiger partial charge is 0.464 e. The Morgan fingerprint density at radius 2 is 2.12 bits per heavy atom. The highest BCUT2D eigenvalue weighted by Crippen LogP contribution is 2.29. The number of aromatic nitrogens is 3. The van der Waals surface area contributed by atoms with Crippen molar-refractivity contribution in [2.45, 2.75) is 13.0 Å². The quantitative estimate of drug-likeness (QED) is 0.561. The Hall–Kier alpha value is -2.81. The summed E-state index contributed by atoms with van der Waals surface area (Å²) in [5.74, 6) is -2.30. The van der Waals surface area contributed by atoms with E-state index in [4.69, 9.17) is 21.5 Å². The van der Waals surface area contributed by atoms with E-state index in [0.717, 1.165) is 12.1 Å². The first-order valence-electron chi connectivity index (χ1n) is 7.22. The summed E-state index contributed by atoms with van der Waals surface area (Å²) in [6.45, 7) is 1.70. The number of ether oxygens (including phenoxy) is 1. The van der Waals surface area contributed by atoms with Gasteiger partial charge in [0, 0.05) is 6.07 Å². The van der Waals surface area contributed by atoms with Gasteiger partial charge >= 0.3 is 5.97 Å². The van der Waals surface area contributed by atoms with Gasteiger partial charge in [0.05, 0.1) is 19.3 Å². The van der Waals surface area contributed by atoms with Gasteiger partial charge in [0.2, 0.25) is 0 Å². The van der Waals surface area contributed by atoms with Gasteiger partial charge in [-0.05, 0) is 36.8 Å². The summed E-state index contributed by atoms with van der Waals surface area (Å²) < 4.78 is 38.4. The van der Waals surface area contributed by atoms with Crippen molar-refractivity contribution in [1.82, 2.24) is 14.7 Å². The van der Waals surface area contributed by atoms with E-state index in [9.17, 15) is 13.6 Å². The first-order chi connectivity index (χ1) is 11.9. The number of nitrogens with zero attached hydrogens (tertiary/aromatic N) is 2. The summed E-state index contributed by atoms with van der Waals surface area (Å²) in [6.07, 6.45) is 1.42. The Morgan fingerprint density at radius 1 is 1.36 bits per heavy atom. The van der Waals surface area contributed by atoms with E-state index in [1.165, 1.54) is 23.9 Å². The first kappa shape index (κ1) is 17.0. The van der Waals surface area contributed by atoms with Gasteiger partial charge in [0.25, 0.3) is 0 Å². The molecule has 3 rings (SSSR count). The van der Waals surface area contributed by atoms with Crippen molar-refractivity contribution in [2.24, 2.45) is 0 Å². The molecule has 3 aromatic rings. The summed E-state index contributed by atoms with van der Waals surface area (Å²) in [6, 6.07) is 4.49. The van der Waals surface area contributed by atoms with E-state index < -0.39 is 23.6 Å². The lowest BCUT2D eigenvalue weighted by Gasteiger charge is -2.17. The van der Waals surface area contributed by atoms with Crippen LogP contribution in [0.3, 0.4) is 0 Å². The number of hydrogen-bond acceptors (Lipinski definition) is 5. The van der Waals surface area contributed by atoms with Crippen LogP contribution in [-0.2, 0) is 4.74 Å². The maximum Gasteiger partial charge on any atom is 0.357 e. The van der Waals surface area contributed by atoms with Crippen LogP contribution in [0.1, 0.15) is 29.0 Å². The molecule has 2 aromatic heterocycles. The maximum absolute atomic E-state index is 13.6. The average Bonchev–Trinajstić information content (AvgIpc) is 3.23. The van der Waals surface area contributed by atoms with Crippen molar-refractivity contribution < 1.29 is 22.8 Å². The van der Waals surface area contributed by atoms with Gasteiger partial charge in [0.15, 0.2) is 27.9 Å². The van der Waals surface area contributed by atoms with Crippen LogP contribution in [0.15, 0.2) is 35.0 Å². The van der Waals surface area contributed by atoms with E-state index >= 15 is 0 Å². The third kappa shape index (κ3) is 2.98. The highest BCUT2D eigenvalue weighted by Gasteiger charge is 2.27. The van der Waals surface area contributed by atoms with E-state index in [2.05, 4.69) is 10.1 Å². The van der Waals surface area contributed by atoms with Crippen LogP contribution < -0.4 is 0 Å².